The van der Waals surface area contributed by atoms with Crippen LogP contribution in [0.5, 0.6) is 0 Å². The number of carbonyl (C=O) groups excluding carboxylic acids is 1. The van der Waals surface area contributed by atoms with Crippen molar-refractivity contribution in [2.24, 2.45) is 0 Å². The van der Waals surface area contributed by atoms with E-state index in [-0.39, 0.29) is 12.6 Å². The molecule has 0 radical (unpaired) electrons. The molecule has 0 aromatic rings. The van der Waals surface area contributed by atoms with Crippen LogP contribution in [0.2, 0.25) is 0 Å². The molecule has 0 unspecified atom stereocenters. The van der Waals surface area contributed by atoms with Gasteiger partial charge in [-0.15, -0.1) is 5.73 Å². The lowest BCUT2D eigenvalue weighted by Gasteiger charge is -1.97. The molecule has 0 fully saturated rings. The maximum absolute atomic E-state index is 10.6. The van der Waals surface area contributed by atoms with Crippen molar-refractivity contribution >= 4 is 5.97 Å². The molecule has 0 aromatic carbocycles. The van der Waals surface area contributed by atoms with Crippen molar-refractivity contribution in [3.63, 3.8) is 0 Å². The summed E-state index contributed by atoms with van der Waals surface area (Å²) in [6.45, 7) is 8.53. The van der Waals surface area contributed by atoms with Gasteiger partial charge >= 0.3 is 5.97 Å². The van der Waals surface area contributed by atoms with Crippen LogP contribution in [0.15, 0.2) is 30.5 Å². The molecule has 0 saturated heterocycles. The van der Waals surface area contributed by atoms with Gasteiger partial charge in [-0.1, -0.05) is 13.2 Å². The smallest absolute Gasteiger partial charge is 0.333 e. The molecule has 0 spiro atoms. The highest BCUT2D eigenvalue weighted by Gasteiger charge is 1.99. The van der Waals surface area contributed by atoms with Gasteiger partial charge in [-0.3, -0.25) is 0 Å². The van der Waals surface area contributed by atoms with Crippen molar-refractivity contribution in [3.8, 4) is 0 Å². The Balaban J connectivity index is 3.60. The molecule has 2 heteroatoms. The molecule has 0 saturated carbocycles. The summed E-state index contributed by atoms with van der Waals surface area (Å²) in [4.78, 5) is 10.6. The van der Waals surface area contributed by atoms with E-state index in [0.29, 0.717) is 5.57 Å². The summed E-state index contributed by atoms with van der Waals surface area (Å²) in [5.41, 5.74) is 2.88. The van der Waals surface area contributed by atoms with Crippen LogP contribution in [-0.2, 0) is 9.53 Å². The number of hydrogen-bond donors (Lipinski definition) is 0. The van der Waals surface area contributed by atoms with Crippen LogP contribution in [-0.4, -0.2) is 12.6 Å². The number of rotatable bonds is 3. The fourth-order valence-electron chi connectivity index (χ4n) is 0.299. The van der Waals surface area contributed by atoms with Crippen LogP contribution in [0.3, 0.4) is 0 Å². The lowest BCUT2D eigenvalue weighted by Crippen LogP contribution is -2.04. The third-order valence-corrected chi connectivity index (χ3v) is 0.791. The molecular weight excluding hydrogens is 128 g/mol. The predicted molar refractivity (Wildman–Crippen MR) is 39.5 cm³/mol. The lowest BCUT2D eigenvalue weighted by molar-refractivity contribution is -0.137. The fourth-order valence-corrected chi connectivity index (χ4v) is 0.299. The summed E-state index contributed by atoms with van der Waals surface area (Å²) in [5.74, 6) is -0.383. The zero-order valence-electron chi connectivity index (χ0n) is 6.02. The molecule has 54 valence electrons. The van der Waals surface area contributed by atoms with Gasteiger partial charge in [-0.25, -0.2) is 4.79 Å². The van der Waals surface area contributed by atoms with Gasteiger partial charge in [-0.05, 0) is 13.0 Å². The van der Waals surface area contributed by atoms with E-state index >= 15 is 0 Å². The van der Waals surface area contributed by atoms with Crippen molar-refractivity contribution in [3.05, 3.63) is 30.5 Å². The Morgan fingerprint density at radius 2 is 2.40 bits per heavy atom. The maximum atomic E-state index is 10.6. The zero-order chi connectivity index (χ0) is 7.98. The Kier molecular flexibility index (Phi) is 4.01. The van der Waals surface area contributed by atoms with Crippen molar-refractivity contribution in [2.45, 2.75) is 6.92 Å². The molecule has 0 aliphatic heterocycles. The first-order valence-corrected chi connectivity index (χ1v) is 2.85. The highest BCUT2D eigenvalue weighted by atomic mass is 16.5. The second-order valence-corrected chi connectivity index (χ2v) is 1.79. The first kappa shape index (κ1) is 8.73. The Morgan fingerprint density at radius 1 is 1.80 bits per heavy atom. The van der Waals surface area contributed by atoms with Gasteiger partial charge in [0, 0.05) is 5.57 Å². The van der Waals surface area contributed by atoms with Crippen LogP contribution in [0.25, 0.3) is 0 Å². The Labute approximate surface area is 60.5 Å². The molecule has 0 heterocycles. The lowest BCUT2D eigenvalue weighted by atomic mass is 10.4. The highest BCUT2D eigenvalue weighted by Crippen LogP contribution is 1.90. The number of ether oxygens (including phenoxy) is 1. The van der Waals surface area contributed by atoms with Gasteiger partial charge in [0.25, 0.3) is 0 Å². The Bertz CT molecular complexity index is 185. The van der Waals surface area contributed by atoms with E-state index in [4.69, 9.17) is 0 Å². The summed E-state index contributed by atoms with van der Waals surface area (Å²) in [5, 5.41) is 0. The van der Waals surface area contributed by atoms with E-state index in [1.807, 2.05) is 0 Å². The topological polar surface area (TPSA) is 26.3 Å². The predicted octanol–water partition coefficient (Wildman–Crippen LogP) is 1.45. The third-order valence-electron chi connectivity index (χ3n) is 0.791. The van der Waals surface area contributed by atoms with Crippen molar-refractivity contribution < 1.29 is 9.53 Å². The normalized spacial score (nSPS) is 7.70. The summed E-state index contributed by atoms with van der Waals surface area (Å²) in [6, 6.07) is 0. The van der Waals surface area contributed by atoms with E-state index in [1.165, 1.54) is 6.08 Å². The van der Waals surface area contributed by atoms with Gasteiger partial charge in [0.2, 0.25) is 0 Å². The molecule has 0 N–H and O–H groups in total. The molecule has 0 aliphatic rings. The molecule has 0 rings (SSSR count). The monoisotopic (exact) mass is 138 g/mol. The van der Waals surface area contributed by atoms with E-state index in [1.54, 1.807) is 6.92 Å². The number of carbonyl (C=O) groups is 1. The van der Waals surface area contributed by atoms with E-state index < -0.39 is 0 Å². The van der Waals surface area contributed by atoms with Crippen LogP contribution in [0, 0.1) is 0 Å². The molecule has 2 nitrogen and oxygen atoms in total. The fraction of sp³-hybridized carbons (Fsp3) is 0.250. The van der Waals surface area contributed by atoms with Gasteiger partial charge in [-0.2, -0.15) is 0 Å². The Hall–Kier alpha value is -1.27. The van der Waals surface area contributed by atoms with Gasteiger partial charge in [0.05, 0.1) is 0 Å². The van der Waals surface area contributed by atoms with E-state index in [2.05, 4.69) is 23.6 Å². The maximum Gasteiger partial charge on any atom is 0.333 e. The minimum Gasteiger partial charge on any atom is -0.457 e. The largest absolute Gasteiger partial charge is 0.457 e. The summed E-state index contributed by atoms with van der Waals surface area (Å²) in [6.07, 6.45) is 1.53. The van der Waals surface area contributed by atoms with Crippen molar-refractivity contribution in [1.29, 1.82) is 0 Å². The third kappa shape index (κ3) is 3.70. The Morgan fingerprint density at radius 3 is 2.80 bits per heavy atom. The standard InChI is InChI=1S/C8H10O2/c1-4-5-6-10-8(9)7(2)3/h5H,1-2,6H2,3H3. The SMILES string of the molecule is C=C=CCOC(=O)C(=C)C. The van der Waals surface area contributed by atoms with Gasteiger partial charge in [0.1, 0.15) is 6.61 Å². The van der Waals surface area contributed by atoms with Crippen molar-refractivity contribution in [1.82, 2.24) is 0 Å². The highest BCUT2D eigenvalue weighted by molar-refractivity contribution is 5.86. The van der Waals surface area contributed by atoms with E-state index in [9.17, 15) is 4.79 Å². The zero-order valence-corrected chi connectivity index (χ0v) is 6.02. The average Bonchev–Trinajstić information content (AvgIpc) is 1.88. The van der Waals surface area contributed by atoms with Crippen LogP contribution < -0.4 is 0 Å². The summed E-state index contributed by atoms with van der Waals surface area (Å²) >= 11 is 0. The molecule has 0 aromatic heterocycles. The number of esters is 1. The minimum atomic E-state index is -0.383. The quantitative estimate of drug-likeness (QED) is 0.335. The first-order valence-electron chi connectivity index (χ1n) is 2.85. The second-order valence-electron chi connectivity index (χ2n) is 1.79. The molecule has 10 heavy (non-hydrogen) atoms. The van der Waals surface area contributed by atoms with Crippen molar-refractivity contribution in [2.75, 3.05) is 6.61 Å². The number of hydrogen-bond acceptors (Lipinski definition) is 2. The molecule has 0 aliphatic carbocycles. The second kappa shape index (κ2) is 4.59. The van der Waals surface area contributed by atoms with Gasteiger partial charge < -0.3 is 4.74 Å². The van der Waals surface area contributed by atoms with Crippen LogP contribution in [0.1, 0.15) is 6.92 Å². The molecular formula is C8H10O2. The first-order chi connectivity index (χ1) is 4.68. The molecule has 0 amide bonds. The minimum absolute atomic E-state index is 0.217. The van der Waals surface area contributed by atoms with Crippen LogP contribution in [0.4, 0.5) is 0 Å². The summed E-state index contributed by atoms with van der Waals surface area (Å²) < 4.78 is 4.65. The summed E-state index contributed by atoms with van der Waals surface area (Å²) in [7, 11) is 0. The van der Waals surface area contributed by atoms with Gasteiger partial charge in [0.15, 0.2) is 0 Å². The van der Waals surface area contributed by atoms with E-state index in [0.717, 1.165) is 0 Å². The molecule has 0 atom stereocenters. The van der Waals surface area contributed by atoms with Crippen LogP contribution >= 0.6 is 0 Å². The average molecular weight is 138 g/mol. The molecule has 0 bridgehead atoms.